The van der Waals surface area contributed by atoms with E-state index in [2.05, 4.69) is 5.32 Å². The van der Waals surface area contributed by atoms with E-state index in [1.54, 1.807) is 12.1 Å². The van der Waals surface area contributed by atoms with Crippen LogP contribution < -0.4 is 10.4 Å². The van der Waals surface area contributed by atoms with Crippen LogP contribution in [0.2, 0.25) is 5.02 Å². The fraction of sp³-hybridized carbons (Fsp3) is 0.0714. The summed E-state index contributed by atoms with van der Waals surface area (Å²) < 4.78 is 0. The van der Waals surface area contributed by atoms with Gasteiger partial charge in [-0.3, -0.25) is 14.9 Å². The average Bonchev–Trinajstić information content (AvgIpc) is 2.47. The second-order valence-electron chi connectivity index (χ2n) is 4.23. The number of nitrogens with one attached hydrogen (secondary N) is 1. The van der Waals surface area contributed by atoms with E-state index in [1.807, 2.05) is 18.2 Å². The van der Waals surface area contributed by atoms with Crippen molar-refractivity contribution in [1.82, 2.24) is 5.32 Å². The van der Waals surface area contributed by atoms with Crippen LogP contribution in [0.3, 0.4) is 0 Å². The molecular weight excluding hydrogens is 296 g/mol. The van der Waals surface area contributed by atoms with Gasteiger partial charge < -0.3 is 10.4 Å². The van der Waals surface area contributed by atoms with E-state index in [0.29, 0.717) is 0 Å². The van der Waals surface area contributed by atoms with E-state index >= 15 is 0 Å². The molecular formula is C14H10ClN2O4-. The molecule has 1 amide bonds. The Morgan fingerprint density at radius 2 is 1.90 bits per heavy atom. The number of amides is 1. The van der Waals surface area contributed by atoms with Gasteiger partial charge in [0.05, 0.1) is 4.92 Å². The first kappa shape index (κ1) is 14.8. The number of hydrogen-bond acceptors (Lipinski definition) is 4. The number of halogens is 1. The van der Waals surface area contributed by atoms with Crippen LogP contribution in [0.4, 0.5) is 5.69 Å². The van der Waals surface area contributed by atoms with E-state index in [1.165, 1.54) is 0 Å². The van der Waals surface area contributed by atoms with Crippen LogP contribution in [-0.4, -0.2) is 10.8 Å². The zero-order valence-corrected chi connectivity index (χ0v) is 11.5. The minimum Gasteiger partial charge on any atom is -0.867 e. The average molecular weight is 306 g/mol. The Morgan fingerprint density at radius 3 is 2.52 bits per heavy atom. The number of nitro groups is 1. The lowest BCUT2D eigenvalue weighted by Crippen LogP contribution is -2.24. The molecule has 0 heterocycles. The van der Waals surface area contributed by atoms with E-state index in [-0.39, 0.29) is 17.1 Å². The maximum atomic E-state index is 12.0. The third kappa shape index (κ3) is 3.49. The summed E-state index contributed by atoms with van der Waals surface area (Å²) >= 11 is 5.70. The Morgan fingerprint density at radius 1 is 1.24 bits per heavy atom. The Labute approximate surface area is 125 Å². The summed E-state index contributed by atoms with van der Waals surface area (Å²) in [5.74, 6) is -1.65. The molecule has 0 aromatic heterocycles. The molecule has 6 nitrogen and oxygen atoms in total. The van der Waals surface area contributed by atoms with Crippen molar-refractivity contribution in [2.24, 2.45) is 0 Å². The fourth-order valence-corrected chi connectivity index (χ4v) is 1.97. The molecule has 2 aromatic carbocycles. The van der Waals surface area contributed by atoms with Gasteiger partial charge in [0.2, 0.25) is 0 Å². The summed E-state index contributed by atoms with van der Waals surface area (Å²) in [7, 11) is 0. The zero-order valence-electron chi connectivity index (χ0n) is 10.7. The predicted octanol–water partition coefficient (Wildman–Crippen LogP) is 2.25. The smallest absolute Gasteiger partial charge is 0.264 e. The number of nitrogens with zero attached hydrogens (tertiary/aromatic N) is 1. The van der Waals surface area contributed by atoms with Crippen molar-refractivity contribution in [3.05, 3.63) is 68.7 Å². The lowest BCUT2D eigenvalue weighted by molar-refractivity contribution is -0.398. The lowest BCUT2D eigenvalue weighted by Gasteiger charge is -2.14. The first-order valence-corrected chi connectivity index (χ1v) is 6.34. The van der Waals surface area contributed by atoms with Crippen LogP contribution in [0.1, 0.15) is 15.9 Å². The largest absolute Gasteiger partial charge is 0.867 e. The first-order valence-electron chi connectivity index (χ1n) is 5.96. The van der Waals surface area contributed by atoms with E-state index in [4.69, 9.17) is 11.6 Å². The van der Waals surface area contributed by atoms with Crippen LogP contribution in [-0.2, 0) is 6.54 Å². The monoisotopic (exact) mass is 305 g/mol. The molecule has 7 heteroatoms. The van der Waals surface area contributed by atoms with Crippen molar-refractivity contribution in [1.29, 1.82) is 0 Å². The molecule has 0 fully saturated rings. The van der Waals surface area contributed by atoms with Gasteiger partial charge in [0.1, 0.15) is 0 Å². The molecule has 0 unspecified atom stereocenters. The number of carbonyl (C=O) groups is 1. The van der Waals surface area contributed by atoms with Gasteiger partial charge in [0, 0.05) is 23.2 Å². The van der Waals surface area contributed by atoms with Gasteiger partial charge in [-0.05, 0) is 17.4 Å². The molecule has 0 radical (unpaired) electrons. The molecule has 0 aliphatic carbocycles. The highest BCUT2D eigenvalue weighted by Gasteiger charge is 2.16. The third-order valence-electron chi connectivity index (χ3n) is 2.77. The highest BCUT2D eigenvalue weighted by atomic mass is 35.5. The molecule has 0 saturated carbocycles. The minimum absolute atomic E-state index is 0.0360. The highest BCUT2D eigenvalue weighted by molar-refractivity contribution is 6.31. The van der Waals surface area contributed by atoms with Gasteiger partial charge in [-0.2, -0.15) is 0 Å². The Hall–Kier alpha value is -2.60. The topological polar surface area (TPSA) is 95.3 Å². The summed E-state index contributed by atoms with van der Waals surface area (Å²) in [6.45, 7) is 0.208. The molecule has 0 spiro atoms. The molecule has 2 rings (SSSR count). The van der Waals surface area contributed by atoms with Crippen molar-refractivity contribution < 1.29 is 14.8 Å². The van der Waals surface area contributed by atoms with Crippen LogP contribution in [0.15, 0.2) is 42.5 Å². The summed E-state index contributed by atoms with van der Waals surface area (Å²) in [6.07, 6.45) is 0. The van der Waals surface area contributed by atoms with Crippen molar-refractivity contribution in [2.45, 2.75) is 6.54 Å². The molecule has 0 saturated heterocycles. The molecule has 21 heavy (non-hydrogen) atoms. The van der Waals surface area contributed by atoms with Crippen LogP contribution >= 0.6 is 11.6 Å². The summed E-state index contributed by atoms with van der Waals surface area (Å²) in [5.41, 5.74) is -0.215. The zero-order chi connectivity index (χ0) is 15.4. The quantitative estimate of drug-likeness (QED) is 0.692. The maximum Gasteiger partial charge on any atom is 0.264 e. The van der Waals surface area contributed by atoms with Gasteiger partial charge in [0.15, 0.2) is 0 Å². The molecule has 0 atom stereocenters. The van der Waals surface area contributed by atoms with Crippen molar-refractivity contribution in [2.75, 3.05) is 0 Å². The van der Waals surface area contributed by atoms with Gasteiger partial charge in [0.25, 0.3) is 11.6 Å². The molecule has 0 aliphatic heterocycles. The van der Waals surface area contributed by atoms with E-state index < -0.39 is 22.3 Å². The first-order chi connectivity index (χ1) is 9.99. The number of benzene rings is 2. The lowest BCUT2D eigenvalue weighted by atomic mass is 10.1. The number of rotatable bonds is 4. The summed E-state index contributed by atoms with van der Waals surface area (Å²) in [5, 5.41) is 25.1. The predicted molar refractivity (Wildman–Crippen MR) is 75.2 cm³/mol. The van der Waals surface area contributed by atoms with Crippen molar-refractivity contribution in [3.63, 3.8) is 0 Å². The Kier molecular flexibility index (Phi) is 4.39. The van der Waals surface area contributed by atoms with Crippen molar-refractivity contribution in [3.8, 4) is 5.75 Å². The highest BCUT2D eigenvalue weighted by Crippen LogP contribution is 2.30. The normalized spacial score (nSPS) is 10.1. The second-order valence-corrected chi connectivity index (χ2v) is 4.66. The van der Waals surface area contributed by atoms with Crippen LogP contribution in [0, 0.1) is 10.1 Å². The number of carbonyl (C=O) groups excluding carboxylic acids is 1. The van der Waals surface area contributed by atoms with E-state index in [0.717, 1.165) is 17.7 Å². The van der Waals surface area contributed by atoms with Gasteiger partial charge >= 0.3 is 0 Å². The maximum absolute atomic E-state index is 12.0. The second kappa shape index (κ2) is 6.23. The molecule has 2 aromatic rings. The summed E-state index contributed by atoms with van der Waals surface area (Å²) in [4.78, 5) is 21.9. The van der Waals surface area contributed by atoms with Gasteiger partial charge in [-0.25, -0.2) is 0 Å². The molecule has 1 N–H and O–H groups in total. The fourth-order valence-electron chi connectivity index (χ4n) is 1.76. The number of hydrogen-bond donors (Lipinski definition) is 1. The Balaban J connectivity index is 2.21. The third-order valence-corrected chi connectivity index (χ3v) is 2.99. The van der Waals surface area contributed by atoms with Gasteiger partial charge in [-0.1, -0.05) is 41.9 Å². The van der Waals surface area contributed by atoms with Gasteiger partial charge in [-0.15, -0.1) is 0 Å². The Bertz CT molecular complexity index is 689. The van der Waals surface area contributed by atoms with Crippen LogP contribution in [0.25, 0.3) is 0 Å². The summed E-state index contributed by atoms with van der Waals surface area (Å²) in [6, 6.07) is 11.1. The SMILES string of the molecule is O=C(NCc1ccccc1)c1cc(Cl)cc([N+](=O)[O-])c1[O-]. The van der Waals surface area contributed by atoms with E-state index in [9.17, 15) is 20.0 Å². The molecule has 0 bridgehead atoms. The standard InChI is InChI=1S/C14H11ClN2O4/c15-10-6-11(13(18)12(7-10)17(20)21)14(19)16-8-9-4-2-1-3-5-9/h1-7,18H,8H2,(H,16,19)/p-1. The minimum atomic E-state index is -0.949. The molecule has 108 valence electrons. The number of nitro benzene ring substituents is 1. The molecule has 0 aliphatic rings. The van der Waals surface area contributed by atoms with Crippen molar-refractivity contribution >= 4 is 23.2 Å². The van der Waals surface area contributed by atoms with Crippen LogP contribution in [0.5, 0.6) is 5.75 Å².